The summed E-state index contributed by atoms with van der Waals surface area (Å²) < 4.78 is 0. The lowest BCUT2D eigenvalue weighted by atomic mass is 9.51. The van der Waals surface area contributed by atoms with Crippen LogP contribution in [-0.2, 0) is 0 Å². The van der Waals surface area contributed by atoms with Gasteiger partial charge in [0.25, 0.3) is 0 Å². The van der Waals surface area contributed by atoms with Gasteiger partial charge in [-0.1, -0.05) is 118 Å². The molecule has 0 aromatic rings. The van der Waals surface area contributed by atoms with E-state index in [0.717, 1.165) is 100 Å². The molecule has 0 nitrogen and oxygen atoms in total. The van der Waals surface area contributed by atoms with Crippen molar-refractivity contribution < 1.29 is 0 Å². The fourth-order valence-electron chi connectivity index (χ4n) is 19.8. The van der Waals surface area contributed by atoms with E-state index in [2.05, 4.69) is 27.7 Å². The van der Waals surface area contributed by atoms with E-state index < -0.39 is 0 Å². The summed E-state index contributed by atoms with van der Waals surface area (Å²) >= 11 is 0. The highest BCUT2D eigenvalue weighted by molar-refractivity contribution is 5.20. The van der Waals surface area contributed by atoms with Gasteiger partial charge in [0, 0.05) is 0 Å². The van der Waals surface area contributed by atoms with Crippen LogP contribution in [0.3, 0.4) is 0 Å². The van der Waals surface area contributed by atoms with Crippen molar-refractivity contribution in [2.75, 3.05) is 0 Å². The lowest BCUT2D eigenvalue weighted by Crippen LogP contribution is -2.47. The Hall–Kier alpha value is 0. The largest absolute Gasteiger partial charge is 0.0654 e. The van der Waals surface area contributed by atoms with Crippen LogP contribution in [0.4, 0.5) is 0 Å². The molecule has 9 fully saturated rings. The van der Waals surface area contributed by atoms with Crippen LogP contribution in [0, 0.1) is 106 Å². The van der Waals surface area contributed by atoms with Crippen LogP contribution in [0.2, 0.25) is 0 Å². The van der Waals surface area contributed by atoms with E-state index in [0.29, 0.717) is 5.41 Å². The molecule has 296 valence electrons. The molecule has 0 bridgehead atoms. The van der Waals surface area contributed by atoms with Gasteiger partial charge >= 0.3 is 0 Å². The van der Waals surface area contributed by atoms with Gasteiger partial charge in [0.15, 0.2) is 0 Å². The second-order valence-electron chi connectivity index (χ2n) is 23.0. The monoisotopic (exact) mass is 713 g/mol. The first kappa shape index (κ1) is 37.6. The normalized spacial score (nSPS) is 50.5. The smallest absolute Gasteiger partial charge is 0.0173 e. The third-order valence-electron chi connectivity index (χ3n) is 21.2. The minimum Gasteiger partial charge on any atom is -0.0654 e. The predicted octanol–water partition coefficient (Wildman–Crippen LogP) is 15.7. The lowest BCUT2D eigenvalue weighted by Gasteiger charge is -2.54. The standard InChI is InChI=1S/C52H88/c1-5-7-9-15-29-51(30-16-10-8-6-2)47-31-35(3)21-25-41(47)42-27-23-37(33-48(42)51)38-24-28-44-43-26-22-36(4)32-49(43)52(50(44)34-38)45-19-13-11-17-39(45)40-18-12-14-20-46(40)52/h35-50H,5-34H2,1-4H3. The second-order valence-corrected chi connectivity index (χ2v) is 23.0. The fraction of sp³-hybridized carbons (Fsp3) is 1.00. The van der Waals surface area contributed by atoms with Gasteiger partial charge in [0.05, 0.1) is 0 Å². The molecule has 9 saturated carbocycles. The summed E-state index contributed by atoms with van der Waals surface area (Å²) in [5.74, 6) is 17.6. The van der Waals surface area contributed by atoms with Crippen LogP contribution in [0.5, 0.6) is 0 Å². The zero-order chi connectivity index (χ0) is 35.5. The Kier molecular flexibility index (Phi) is 11.4. The summed E-state index contributed by atoms with van der Waals surface area (Å²) in [5, 5.41) is 0. The summed E-state index contributed by atoms with van der Waals surface area (Å²) in [7, 11) is 0. The first-order valence-electron chi connectivity index (χ1n) is 25.5. The number of hydrogen-bond acceptors (Lipinski definition) is 0. The predicted molar refractivity (Wildman–Crippen MR) is 222 cm³/mol. The van der Waals surface area contributed by atoms with Crippen molar-refractivity contribution in [3.63, 3.8) is 0 Å². The Morgan fingerprint density at radius 2 is 0.769 bits per heavy atom. The molecule has 16 unspecified atom stereocenters. The molecule has 0 heterocycles. The summed E-state index contributed by atoms with van der Waals surface area (Å²) in [6.07, 6.45) is 47.6. The molecular formula is C52H88. The Balaban J connectivity index is 1.02. The van der Waals surface area contributed by atoms with E-state index in [1.807, 2.05) is 0 Å². The molecule has 9 rings (SSSR count). The molecule has 0 aromatic carbocycles. The third-order valence-corrected chi connectivity index (χ3v) is 21.2. The molecule has 16 atom stereocenters. The van der Waals surface area contributed by atoms with E-state index in [1.165, 1.54) is 38.5 Å². The molecule has 0 saturated heterocycles. The number of fused-ring (bicyclic) bond motifs is 13. The first-order valence-corrected chi connectivity index (χ1v) is 25.5. The summed E-state index contributed by atoms with van der Waals surface area (Å²) in [5.41, 5.74) is 1.48. The highest BCUT2D eigenvalue weighted by Crippen LogP contribution is 2.79. The van der Waals surface area contributed by atoms with E-state index in [9.17, 15) is 0 Å². The van der Waals surface area contributed by atoms with Crippen molar-refractivity contribution in [1.82, 2.24) is 0 Å². The molecule has 0 amide bonds. The zero-order valence-corrected chi connectivity index (χ0v) is 35.5. The van der Waals surface area contributed by atoms with Crippen LogP contribution in [0.1, 0.15) is 220 Å². The Morgan fingerprint density at radius 3 is 1.31 bits per heavy atom. The van der Waals surface area contributed by atoms with Gasteiger partial charge < -0.3 is 0 Å². The van der Waals surface area contributed by atoms with Crippen molar-refractivity contribution in [2.45, 2.75) is 220 Å². The molecule has 52 heavy (non-hydrogen) atoms. The van der Waals surface area contributed by atoms with Crippen molar-refractivity contribution >= 4 is 0 Å². The van der Waals surface area contributed by atoms with Crippen LogP contribution in [0.15, 0.2) is 0 Å². The van der Waals surface area contributed by atoms with Gasteiger partial charge in [0.2, 0.25) is 0 Å². The summed E-state index contributed by atoms with van der Waals surface area (Å²) in [6.45, 7) is 10.2. The maximum Gasteiger partial charge on any atom is -0.0173 e. The van der Waals surface area contributed by atoms with Crippen molar-refractivity contribution in [3.8, 4) is 0 Å². The van der Waals surface area contributed by atoms with Gasteiger partial charge in [-0.05, 0) is 208 Å². The third kappa shape index (κ3) is 6.12. The summed E-state index contributed by atoms with van der Waals surface area (Å²) in [6, 6.07) is 0. The first-order chi connectivity index (χ1) is 25.5. The van der Waals surface area contributed by atoms with Crippen LogP contribution in [0.25, 0.3) is 0 Å². The molecule has 0 heteroatoms. The topological polar surface area (TPSA) is 0 Å². The van der Waals surface area contributed by atoms with Crippen LogP contribution in [-0.4, -0.2) is 0 Å². The number of hydrogen-bond donors (Lipinski definition) is 0. The zero-order valence-electron chi connectivity index (χ0n) is 35.5. The van der Waals surface area contributed by atoms with E-state index in [4.69, 9.17) is 0 Å². The van der Waals surface area contributed by atoms with E-state index in [-0.39, 0.29) is 0 Å². The van der Waals surface area contributed by atoms with Gasteiger partial charge in [0.1, 0.15) is 0 Å². The van der Waals surface area contributed by atoms with Gasteiger partial charge in [-0.25, -0.2) is 0 Å². The van der Waals surface area contributed by atoms with Crippen molar-refractivity contribution in [1.29, 1.82) is 0 Å². The van der Waals surface area contributed by atoms with Gasteiger partial charge in [-0.15, -0.1) is 0 Å². The quantitative estimate of drug-likeness (QED) is 0.187. The van der Waals surface area contributed by atoms with Crippen molar-refractivity contribution in [3.05, 3.63) is 0 Å². The van der Waals surface area contributed by atoms with Crippen molar-refractivity contribution in [2.24, 2.45) is 106 Å². The SMILES string of the molecule is CCCCCCC1(CCCCCC)C2CC(C)CCC2C2CCC(C3CCC4C5CCC(C)CC5C5(C6CCCCC6C6CCCCC65)C4C3)CC21. The minimum atomic E-state index is 0.705. The molecule has 1 spiro atoms. The fourth-order valence-corrected chi connectivity index (χ4v) is 19.8. The second kappa shape index (κ2) is 15.7. The van der Waals surface area contributed by atoms with E-state index >= 15 is 0 Å². The average molecular weight is 713 g/mol. The number of unbranched alkanes of at least 4 members (excludes halogenated alkanes) is 6. The molecule has 0 aliphatic heterocycles. The highest BCUT2D eigenvalue weighted by Gasteiger charge is 2.72. The summed E-state index contributed by atoms with van der Waals surface area (Å²) in [4.78, 5) is 0. The molecule has 9 aliphatic rings. The average Bonchev–Trinajstić information content (AvgIpc) is 3.74. The maximum absolute atomic E-state index is 2.69. The molecule has 0 N–H and O–H groups in total. The Bertz CT molecular complexity index is 1130. The lowest BCUT2D eigenvalue weighted by molar-refractivity contribution is -0.0563. The van der Waals surface area contributed by atoms with Gasteiger partial charge in [-0.3, -0.25) is 0 Å². The van der Waals surface area contributed by atoms with Crippen LogP contribution >= 0.6 is 0 Å². The highest BCUT2D eigenvalue weighted by atomic mass is 14.8. The molecule has 0 radical (unpaired) electrons. The van der Waals surface area contributed by atoms with E-state index in [1.54, 1.807) is 154 Å². The Morgan fingerprint density at radius 1 is 0.365 bits per heavy atom. The molecular weight excluding hydrogens is 625 g/mol. The minimum absolute atomic E-state index is 0.705. The molecule has 9 aliphatic carbocycles. The maximum atomic E-state index is 2.69. The number of rotatable bonds is 11. The van der Waals surface area contributed by atoms with Crippen LogP contribution < -0.4 is 0 Å². The Labute approximate surface area is 324 Å². The molecule has 0 aromatic heterocycles. The van der Waals surface area contributed by atoms with Gasteiger partial charge in [-0.2, -0.15) is 0 Å².